The van der Waals surface area contributed by atoms with Gasteiger partial charge in [0.1, 0.15) is 5.82 Å². The third kappa shape index (κ3) is 2.76. The average Bonchev–Trinajstić information content (AvgIpc) is 2.71. The van der Waals surface area contributed by atoms with Crippen molar-refractivity contribution in [2.75, 3.05) is 7.05 Å². The molecule has 0 aliphatic rings. The van der Waals surface area contributed by atoms with E-state index < -0.39 is 0 Å². The fourth-order valence-corrected chi connectivity index (χ4v) is 3.18. The molecule has 0 amide bonds. The summed E-state index contributed by atoms with van der Waals surface area (Å²) in [6.45, 7) is 2.05. The second kappa shape index (κ2) is 5.29. The van der Waals surface area contributed by atoms with E-state index in [0.717, 1.165) is 9.35 Å². The van der Waals surface area contributed by atoms with Crippen molar-refractivity contribution in [3.05, 3.63) is 55.9 Å². The lowest BCUT2D eigenvalue weighted by molar-refractivity contribution is 0.579. The molecule has 90 valence electrons. The number of aryl methyl sites for hydroxylation is 1. The molecule has 0 aliphatic carbocycles. The fourth-order valence-electron chi connectivity index (χ4n) is 1.80. The fraction of sp³-hybridized carbons (Fsp3) is 0.231. The molecule has 4 heteroatoms. The summed E-state index contributed by atoms with van der Waals surface area (Å²) in [5.74, 6) is -0.182. The first-order valence-corrected chi connectivity index (χ1v) is 6.91. The maximum atomic E-state index is 13.8. The Morgan fingerprint density at radius 3 is 2.65 bits per heavy atom. The summed E-state index contributed by atoms with van der Waals surface area (Å²) in [6, 6.07) is 9.04. The zero-order chi connectivity index (χ0) is 12.4. The van der Waals surface area contributed by atoms with Crippen LogP contribution in [0.25, 0.3) is 0 Å². The minimum atomic E-state index is -0.182. The lowest BCUT2D eigenvalue weighted by Crippen LogP contribution is -2.17. The van der Waals surface area contributed by atoms with Crippen LogP contribution < -0.4 is 5.32 Å². The highest BCUT2D eigenvalue weighted by atomic mass is 79.9. The number of hydrogen-bond donors (Lipinski definition) is 1. The van der Waals surface area contributed by atoms with Crippen LogP contribution in [0.5, 0.6) is 0 Å². The smallest absolute Gasteiger partial charge is 0.128 e. The molecule has 0 bridgehead atoms. The molecule has 2 aromatic rings. The summed E-state index contributed by atoms with van der Waals surface area (Å²) >= 11 is 5.07. The first kappa shape index (κ1) is 12.7. The van der Waals surface area contributed by atoms with Gasteiger partial charge < -0.3 is 5.32 Å². The van der Waals surface area contributed by atoms with Gasteiger partial charge in [-0.2, -0.15) is 0 Å². The van der Waals surface area contributed by atoms with Gasteiger partial charge in [-0.1, -0.05) is 15.9 Å². The van der Waals surface area contributed by atoms with E-state index in [1.54, 1.807) is 17.4 Å². The highest BCUT2D eigenvalue weighted by Crippen LogP contribution is 2.30. The van der Waals surface area contributed by atoms with Crippen LogP contribution in [0.15, 0.2) is 34.8 Å². The van der Waals surface area contributed by atoms with Crippen molar-refractivity contribution in [1.82, 2.24) is 5.32 Å². The number of thiophene rings is 1. The highest BCUT2D eigenvalue weighted by molar-refractivity contribution is 9.10. The van der Waals surface area contributed by atoms with Gasteiger partial charge in [-0.05, 0) is 44.3 Å². The van der Waals surface area contributed by atoms with Gasteiger partial charge in [0.2, 0.25) is 0 Å². The van der Waals surface area contributed by atoms with Gasteiger partial charge >= 0.3 is 0 Å². The maximum Gasteiger partial charge on any atom is 0.128 e. The summed E-state index contributed by atoms with van der Waals surface area (Å²) in [4.78, 5) is 2.36. The zero-order valence-corrected chi connectivity index (χ0v) is 12.0. The molecule has 0 aliphatic heterocycles. The first-order valence-electron chi connectivity index (χ1n) is 5.30. The van der Waals surface area contributed by atoms with Crippen LogP contribution in [-0.2, 0) is 0 Å². The zero-order valence-electron chi connectivity index (χ0n) is 9.63. The number of rotatable bonds is 3. The van der Waals surface area contributed by atoms with E-state index in [2.05, 4.69) is 34.2 Å². The van der Waals surface area contributed by atoms with Crippen LogP contribution in [0.3, 0.4) is 0 Å². The Labute approximate surface area is 113 Å². The quantitative estimate of drug-likeness (QED) is 0.892. The van der Waals surface area contributed by atoms with Gasteiger partial charge in [0.15, 0.2) is 0 Å². The SMILES string of the molecule is CNC(c1ccc(C)s1)c1cc(Br)ccc1F. The van der Waals surface area contributed by atoms with Crippen LogP contribution in [0.2, 0.25) is 0 Å². The van der Waals surface area contributed by atoms with Gasteiger partial charge in [0.25, 0.3) is 0 Å². The van der Waals surface area contributed by atoms with Crippen LogP contribution in [0.1, 0.15) is 21.4 Å². The molecule has 0 saturated heterocycles. The van der Waals surface area contributed by atoms with Crippen molar-refractivity contribution in [1.29, 1.82) is 0 Å². The molecule has 0 fully saturated rings. The monoisotopic (exact) mass is 313 g/mol. The third-order valence-electron chi connectivity index (χ3n) is 2.60. The number of halogens is 2. The molecule has 1 nitrogen and oxygen atoms in total. The van der Waals surface area contributed by atoms with E-state index in [0.29, 0.717) is 5.56 Å². The van der Waals surface area contributed by atoms with Crippen LogP contribution in [-0.4, -0.2) is 7.05 Å². The van der Waals surface area contributed by atoms with E-state index in [4.69, 9.17) is 0 Å². The standard InChI is InChI=1S/C13H13BrFNS/c1-8-3-6-12(17-8)13(16-2)10-7-9(14)4-5-11(10)15/h3-7,13,16H,1-2H3. The Bertz CT molecular complexity index is 524. The maximum absolute atomic E-state index is 13.8. The van der Waals surface area contributed by atoms with Crippen LogP contribution >= 0.6 is 27.3 Å². The third-order valence-corrected chi connectivity index (χ3v) is 4.16. The van der Waals surface area contributed by atoms with Crippen LogP contribution in [0, 0.1) is 12.7 Å². The molecular formula is C13H13BrFNS. The minimum Gasteiger partial charge on any atom is -0.309 e. The van der Waals surface area contributed by atoms with Crippen molar-refractivity contribution < 1.29 is 4.39 Å². The summed E-state index contributed by atoms with van der Waals surface area (Å²) in [6.07, 6.45) is 0. The molecule has 0 spiro atoms. The normalized spacial score (nSPS) is 12.7. The molecule has 1 aromatic heterocycles. The summed E-state index contributed by atoms with van der Waals surface area (Å²) in [5.41, 5.74) is 0.670. The number of hydrogen-bond acceptors (Lipinski definition) is 2. The number of benzene rings is 1. The van der Waals surface area contributed by atoms with Crippen molar-refractivity contribution in [3.8, 4) is 0 Å². The van der Waals surface area contributed by atoms with Gasteiger partial charge in [0.05, 0.1) is 6.04 Å². The second-order valence-electron chi connectivity index (χ2n) is 3.84. The Kier molecular flexibility index (Phi) is 3.97. The second-order valence-corrected chi connectivity index (χ2v) is 6.07. The molecule has 1 aromatic carbocycles. The van der Waals surface area contributed by atoms with Gasteiger partial charge in [-0.3, -0.25) is 0 Å². The molecule has 0 radical (unpaired) electrons. The molecule has 2 rings (SSSR count). The van der Waals surface area contributed by atoms with E-state index in [-0.39, 0.29) is 11.9 Å². The molecule has 17 heavy (non-hydrogen) atoms. The minimum absolute atomic E-state index is 0.0915. The van der Waals surface area contributed by atoms with Crippen LogP contribution in [0.4, 0.5) is 4.39 Å². The molecule has 1 atom stereocenters. The summed E-state index contributed by atoms with van der Waals surface area (Å²) in [5, 5.41) is 3.17. The van der Waals surface area contributed by atoms with E-state index in [1.807, 2.05) is 19.2 Å². The predicted molar refractivity (Wildman–Crippen MR) is 74.1 cm³/mol. The van der Waals surface area contributed by atoms with Crippen molar-refractivity contribution >= 4 is 27.3 Å². The van der Waals surface area contributed by atoms with Gasteiger partial charge in [0, 0.05) is 19.8 Å². The lowest BCUT2D eigenvalue weighted by Gasteiger charge is -2.16. The average molecular weight is 314 g/mol. The predicted octanol–water partition coefficient (Wildman–Crippen LogP) is 4.27. The van der Waals surface area contributed by atoms with E-state index in [1.165, 1.54) is 10.9 Å². The van der Waals surface area contributed by atoms with Crippen molar-refractivity contribution in [3.63, 3.8) is 0 Å². The Hall–Kier alpha value is -0.710. The topological polar surface area (TPSA) is 12.0 Å². The molecular weight excluding hydrogens is 301 g/mol. The number of nitrogens with one attached hydrogen (secondary N) is 1. The summed E-state index contributed by atoms with van der Waals surface area (Å²) in [7, 11) is 1.85. The van der Waals surface area contributed by atoms with E-state index in [9.17, 15) is 4.39 Å². The molecule has 1 N–H and O–H groups in total. The highest BCUT2D eigenvalue weighted by Gasteiger charge is 2.17. The molecule has 1 unspecified atom stereocenters. The Morgan fingerprint density at radius 1 is 1.29 bits per heavy atom. The largest absolute Gasteiger partial charge is 0.309 e. The van der Waals surface area contributed by atoms with Crippen molar-refractivity contribution in [2.24, 2.45) is 0 Å². The summed E-state index contributed by atoms with van der Waals surface area (Å²) < 4.78 is 14.7. The van der Waals surface area contributed by atoms with Gasteiger partial charge in [-0.25, -0.2) is 4.39 Å². The Morgan fingerprint density at radius 2 is 2.06 bits per heavy atom. The molecule has 1 heterocycles. The molecule has 0 saturated carbocycles. The lowest BCUT2D eigenvalue weighted by atomic mass is 10.1. The Balaban J connectivity index is 2.45. The van der Waals surface area contributed by atoms with Gasteiger partial charge in [-0.15, -0.1) is 11.3 Å². The van der Waals surface area contributed by atoms with E-state index >= 15 is 0 Å². The van der Waals surface area contributed by atoms with Crippen molar-refractivity contribution in [2.45, 2.75) is 13.0 Å². The first-order chi connectivity index (χ1) is 8.11.